The van der Waals surface area contributed by atoms with Crippen molar-refractivity contribution in [2.45, 2.75) is 20.4 Å². The van der Waals surface area contributed by atoms with Gasteiger partial charge in [-0.25, -0.2) is 4.68 Å². The number of rotatable bonds is 6. The standard InChI is InChI=1S/C15H20ClN3O/c1-11-15(16)12(2)19(18-11)14-6-4-13(5-7-14)10-17-8-9-20-3/h4-7,17H,8-10H2,1-3H3. The Kier molecular flexibility index (Phi) is 5.17. The molecule has 20 heavy (non-hydrogen) atoms. The fourth-order valence-corrected chi connectivity index (χ4v) is 2.15. The zero-order valence-electron chi connectivity index (χ0n) is 12.1. The van der Waals surface area contributed by atoms with Gasteiger partial charge in [0.1, 0.15) is 0 Å². The highest BCUT2D eigenvalue weighted by molar-refractivity contribution is 6.31. The zero-order chi connectivity index (χ0) is 14.5. The second-order valence-electron chi connectivity index (χ2n) is 4.73. The molecular formula is C15H20ClN3O. The highest BCUT2D eigenvalue weighted by Gasteiger charge is 2.10. The van der Waals surface area contributed by atoms with Crippen molar-refractivity contribution in [3.8, 4) is 5.69 Å². The van der Waals surface area contributed by atoms with E-state index in [4.69, 9.17) is 16.3 Å². The highest BCUT2D eigenvalue weighted by atomic mass is 35.5. The van der Waals surface area contributed by atoms with Crippen LogP contribution in [0.25, 0.3) is 5.69 Å². The first-order valence-corrected chi connectivity index (χ1v) is 7.02. The van der Waals surface area contributed by atoms with Crippen molar-refractivity contribution >= 4 is 11.6 Å². The van der Waals surface area contributed by atoms with Gasteiger partial charge in [0.05, 0.1) is 28.7 Å². The molecule has 2 rings (SSSR count). The lowest BCUT2D eigenvalue weighted by molar-refractivity contribution is 0.199. The van der Waals surface area contributed by atoms with Crippen molar-refractivity contribution in [3.63, 3.8) is 0 Å². The maximum atomic E-state index is 6.17. The quantitative estimate of drug-likeness (QED) is 0.833. The van der Waals surface area contributed by atoms with E-state index < -0.39 is 0 Å². The SMILES string of the molecule is COCCNCc1ccc(-n2nc(C)c(Cl)c2C)cc1. The third-order valence-corrected chi connectivity index (χ3v) is 3.74. The monoisotopic (exact) mass is 293 g/mol. The van der Waals surface area contributed by atoms with Crippen LogP contribution in [0.15, 0.2) is 24.3 Å². The summed E-state index contributed by atoms with van der Waals surface area (Å²) in [4.78, 5) is 0. The van der Waals surface area contributed by atoms with Crippen LogP contribution < -0.4 is 5.32 Å². The molecule has 0 atom stereocenters. The average molecular weight is 294 g/mol. The molecule has 1 aromatic carbocycles. The van der Waals surface area contributed by atoms with Crippen LogP contribution in [0.5, 0.6) is 0 Å². The Labute approximate surface area is 124 Å². The molecule has 0 aliphatic heterocycles. The first-order valence-electron chi connectivity index (χ1n) is 6.64. The Morgan fingerprint density at radius 3 is 2.50 bits per heavy atom. The van der Waals surface area contributed by atoms with Gasteiger partial charge in [0.15, 0.2) is 0 Å². The number of nitrogens with zero attached hydrogens (tertiary/aromatic N) is 2. The third-order valence-electron chi connectivity index (χ3n) is 3.20. The lowest BCUT2D eigenvalue weighted by atomic mass is 10.2. The second-order valence-corrected chi connectivity index (χ2v) is 5.11. The molecule has 0 radical (unpaired) electrons. The van der Waals surface area contributed by atoms with Crippen molar-refractivity contribution in [1.29, 1.82) is 0 Å². The molecule has 0 aliphatic carbocycles. The van der Waals surface area contributed by atoms with E-state index in [9.17, 15) is 0 Å². The molecule has 0 unspecified atom stereocenters. The van der Waals surface area contributed by atoms with Gasteiger partial charge in [-0.05, 0) is 31.5 Å². The van der Waals surface area contributed by atoms with Crippen LogP contribution in [0.2, 0.25) is 5.02 Å². The molecular weight excluding hydrogens is 274 g/mol. The molecule has 0 spiro atoms. The number of hydrogen-bond acceptors (Lipinski definition) is 3. The minimum Gasteiger partial charge on any atom is -0.383 e. The Bertz CT molecular complexity index is 563. The number of nitrogens with one attached hydrogen (secondary N) is 1. The number of hydrogen-bond donors (Lipinski definition) is 1. The zero-order valence-corrected chi connectivity index (χ0v) is 12.9. The van der Waals surface area contributed by atoms with Gasteiger partial charge < -0.3 is 10.1 Å². The summed E-state index contributed by atoms with van der Waals surface area (Å²) in [7, 11) is 1.70. The first-order chi connectivity index (χ1) is 9.63. The van der Waals surface area contributed by atoms with E-state index in [-0.39, 0.29) is 0 Å². The predicted octanol–water partition coefficient (Wildman–Crippen LogP) is 2.88. The summed E-state index contributed by atoms with van der Waals surface area (Å²) >= 11 is 6.17. The predicted molar refractivity (Wildman–Crippen MR) is 81.6 cm³/mol. The Morgan fingerprint density at radius 1 is 1.25 bits per heavy atom. The van der Waals surface area contributed by atoms with E-state index in [0.717, 1.165) is 41.8 Å². The van der Waals surface area contributed by atoms with Crippen LogP contribution in [0, 0.1) is 13.8 Å². The maximum absolute atomic E-state index is 6.17. The van der Waals surface area contributed by atoms with Crippen molar-refractivity contribution in [2.24, 2.45) is 0 Å². The molecule has 4 nitrogen and oxygen atoms in total. The normalized spacial score (nSPS) is 11.0. The maximum Gasteiger partial charge on any atom is 0.0848 e. The van der Waals surface area contributed by atoms with Crippen LogP contribution in [0.1, 0.15) is 17.0 Å². The lowest BCUT2D eigenvalue weighted by Crippen LogP contribution is -2.18. The van der Waals surface area contributed by atoms with E-state index in [0.29, 0.717) is 0 Å². The second kappa shape index (κ2) is 6.88. The van der Waals surface area contributed by atoms with Gasteiger partial charge in [-0.15, -0.1) is 0 Å². The van der Waals surface area contributed by atoms with Gasteiger partial charge >= 0.3 is 0 Å². The fourth-order valence-electron chi connectivity index (χ4n) is 2.04. The van der Waals surface area contributed by atoms with Gasteiger partial charge in [0.2, 0.25) is 0 Å². The van der Waals surface area contributed by atoms with Crippen molar-refractivity contribution in [1.82, 2.24) is 15.1 Å². The van der Waals surface area contributed by atoms with Crippen LogP contribution in [0.4, 0.5) is 0 Å². The van der Waals surface area contributed by atoms with Gasteiger partial charge in [0, 0.05) is 20.2 Å². The molecule has 1 N–H and O–H groups in total. The van der Waals surface area contributed by atoms with Crippen molar-refractivity contribution in [3.05, 3.63) is 46.2 Å². The van der Waals surface area contributed by atoms with Gasteiger partial charge in [-0.1, -0.05) is 23.7 Å². The van der Waals surface area contributed by atoms with E-state index in [1.807, 2.05) is 18.5 Å². The Morgan fingerprint density at radius 2 is 1.95 bits per heavy atom. The van der Waals surface area contributed by atoms with Gasteiger partial charge in [-0.3, -0.25) is 0 Å². The molecule has 0 bridgehead atoms. The summed E-state index contributed by atoms with van der Waals surface area (Å²) in [5.74, 6) is 0. The topological polar surface area (TPSA) is 39.1 Å². The number of benzene rings is 1. The number of methoxy groups -OCH3 is 1. The molecule has 0 aliphatic rings. The minimum atomic E-state index is 0.725. The van der Waals surface area contributed by atoms with Crippen LogP contribution in [-0.2, 0) is 11.3 Å². The minimum absolute atomic E-state index is 0.725. The van der Waals surface area contributed by atoms with E-state index in [1.54, 1.807) is 7.11 Å². The molecule has 108 valence electrons. The van der Waals surface area contributed by atoms with Crippen molar-refractivity contribution in [2.75, 3.05) is 20.3 Å². The number of ether oxygens (including phenoxy) is 1. The van der Waals surface area contributed by atoms with E-state index in [2.05, 4.69) is 34.7 Å². The summed E-state index contributed by atoms with van der Waals surface area (Å²) < 4.78 is 6.87. The smallest absolute Gasteiger partial charge is 0.0848 e. The fraction of sp³-hybridized carbons (Fsp3) is 0.400. The van der Waals surface area contributed by atoms with Crippen LogP contribution in [0.3, 0.4) is 0 Å². The third kappa shape index (κ3) is 3.39. The van der Waals surface area contributed by atoms with Gasteiger partial charge in [-0.2, -0.15) is 5.10 Å². The summed E-state index contributed by atoms with van der Waals surface area (Å²) in [5.41, 5.74) is 4.08. The Hall–Kier alpha value is -1.36. The van der Waals surface area contributed by atoms with Crippen molar-refractivity contribution < 1.29 is 4.74 Å². The summed E-state index contributed by atoms with van der Waals surface area (Å²) in [6.07, 6.45) is 0. The molecule has 0 amide bonds. The molecule has 5 heteroatoms. The average Bonchev–Trinajstić information content (AvgIpc) is 2.72. The first kappa shape index (κ1) is 15.0. The molecule has 0 saturated carbocycles. The summed E-state index contributed by atoms with van der Waals surface area (Å²) in [5, 5.41) is 8.50. The molecule has 0 saturated heterocycles. The summed E-state index contributed by atoms with van der Waals surface area (Å²) in [6.45, 7) is 6.30. The van der Waals surface area contributed by atoms with Gasteiger partial charge in [0.25, 0.3) is 0 Å². The Balaban J connectivity index is 2.06. The highest BCUT2D eigenvalue weighted by Crippen LogP contribution is 2.22. The number of halogens is 1. The van der Waals surface area contributed by atoms with Crippen LogP contribution in [-0.4, -0.2) is 30.0 Å². The number of aromatic nitrogens is 2. The van der Waals surface area contributed by atoms with E-state index in [1.165, 1.54) is 5.56 Å². The molecule has 1 aromatic heterocycles. The number of aryl methyl sites for hydroxylation is 1. The largest absolute Gasteiger partial charge is 0.383 e. The molecule has 0 fully saturated rings. The van der Waals surface area contributed by atoms with E-state index >= 15 is 0 Å². The van der Waals surface area contributed by atoms with Crippen LogP contribution >= 0.6 is 11.6 Å². The molecule has 2 aromatic rings. The lowest BCUT2D eigenvalue weighted by Gasteiger charge is -2.07. The summed E-state index contributed by atoms with van der Waals surface area (Å²) in [6, 6.07) is 8.31. The molecule has 1 heterocycles.